The lowest BCUT2D eigenvalue weighted by Gasteiger charge is -2.18. The number of halogens is 2. The van der Waals surface area contributed by atoms with Crippen molar-refractivity contribution in [1.82, 2.24) is 0 Å². The third-order valence-corrected chi connectivity index (χ3v) is 3.30. The molecule has 3 nitrogen and oxygen atoms in total. The fourth-order valence-corrected chi connectivity index (χ4v) is 1.74. The molecule has 0 aliphatic heterocycles. The van der Waals surface area contributed by atoms with E-state index in [9.17, 15) is 18.8 Å². The molecule has 0 bridgehead atoms. The van der Waals surface area contributed by atoms with E-state index in [0.29, 0.717) is 5.56 Å². The number of hydrogen-bond donors (Lipinski definition) is 0. The molecule has 1 rings (SSSR count). The SMILES string of the molecule is CC(C)C(C)C(=O)C(C#N)c1ccc(OC(F)F)cc1. The van der Waals surface area contributed by atoms with Crippen molar-refractivity contribution in [2.75, 3.05) is 0 Å². The third-order valence-electron chi connectivity index (χ3n) is 3.30. The molecule has 1 aromatic carbocycles. The monoisotopic (exact) mass is 281 g/mol. The maximum Gasteiger partial charge on any atom is 0.387 e. The largest absolute Gasteiger partial charge is 0.435 e. The molecule has 0 aliphatic carbocycles. The minimum absolute atomic E-state index is 0.00444. The average Bonchev–Trinajstić information content (AvgIpc) is 2.39. The molecule has 0 spiro atoms. The van der Waals surface area contributed by atoms with E-state index in [4.69, 9.17) is 0 Å². The summed E-state index contributed by atoms with van der Waals surface area (Å²) in [5, 5.41) is 9.17. The van der Waals surface area contributed by atoms with Crippen LogP contribution >= 0.6 is 0 Å². The molecular weight excluding hydrogens is 264 g/mol. The van der Waals surface area contributed by atoms with Gasteiger partial charge >= 0.3 is 6.61 Å². The minimum atomic E-state index is -2.89. The van der Waals surface area contributed by atoms with Crippen LogP contribution in [0.25, 0.3) is 0 Å². The standard InChI is InChI=1S/C15H17F2NO2/c1-9(2)10(3)14(19)13(8-18)11-4-6-12(7-5-11)20-15(16)17/h4-7,9-10,13,15H,1-3H3. The van der Waals surface area contributed by atoms with E-state index in [1.165, 1.54) is 24.3 Å². The second-order valence-corrected chi connectivity index (χ2v) is 4.94. The first-order valence-electron chi connectivity index (χ1n) is 6.35. The number of carbonyl (C=O) groups excluding carboxylic acids is 1. The summed E-state index contributed by atoms with van der Waals surface area (Å²) in [6.45, 7) is 2.72. The van der Waals surface area contributed by atoms with Gasteiger partial charge in [0.25, 0.3) is 0 Å². The van der Waals surface area contributed by atoms with Crippen LogP contribution in [-0.2, 0) is 4.79 Å². The number of hydrogen-bond acceptors (Lipinski definition) is 3. The van der Waals surface area contributed by atoms with Crippen molar-refractivity contribution in [2.24, 2.45) is 11.8 Å². The maximum atomic E-state index is 12.2. The summed E-state index contributed by atoms with van der Waals surface area (Å²) < 4.78 is 28.3. The zero-order valence-electron chi connectivity index (χ0n) is 11.6. The van der Waals surface area contributed by atoms with Crippen molar-refractivity contribution in [3.05, 3.63) is 29.8 Å². The molecule has 0 heterocycles. The molecule has 108 valence electrons. The predicted octanol–water partition coefficient (Wildman–Crippen LogP) is 3.76. The van der Waals surface area contributed by atoms with Crippen molar-refractivity contribution in [3.8, 4) is 11.8 Å². The Morgan fingerprint density at radius 2 is 1.75 bits per heavy atom. The molecule has 1 aromatic rings. The lowest BCUT2D eigenvalue weighted by molar-refractivity contribution is -0.123. The van der Waals surface area contributed by atoms with Crippen molar-refractivity contribution in [1.29, 1.82) is 5.26 Å². The highest BCUT2D eigenvalue weighted by Gasteiger charge is 2.27. The van der Waals surface area contributed by atoms with Gasteiger partial charge in [-0.3, -0.25) is 4.79 Å². The van der Waals surface area contributed by atoms with Gasteiger partial charge in [-0.25, -0.2) is 0 Å². The highest BCUT2D eigenvalue weighted by molar-refractivity contribution is 5.90. The van der Waals surface area contributed by atoms with Crippen molar-refractivity contribution in [3.63, 3.8) is 0 Å². The molecule has 0 N–H and O–H groups in total. The number of ether oxygens (including phenoxy) is 1. The molecule has 0 amide bonds. The van der Waals surface area contributed by atoms with Crippen molar-refractivity contribution >= 4 is 5.78 Å². The molecule has 0 aromatic heterocycles. The van der Waals surface area contributed by atoms with Gasteiger partial charge < -0.3 is 4.74 Å². The van der Waals surface area contributed by atoms with Gasteiger partial charge in [-0.15, -0.1) is 0 Å². The van der Waals surface area contributed by atoms with E-state index in [2.05, 4.69) is 4.74 Å². The van der Waals surface area contributed by atoms with E-state index >= 15 is 0 Å². The minimum Gasteiger partial charge on any atom is -0.435 e. The zero-order valence-corrected chi connectivity index (χ0v) is 11.6. The molecule has 2 atom stereocenters. The highest BCUT2D eigenvalue weighted by Crippen LogP contribution is 2.25. The quantitative estimate of drug-likeness (QED) is 0.797. The van der Waals surface area contributed by atoms with Gasteiger partial charge in [0, 0.05) is 5.92 Å². The van der Waals surface area contributed by atoms with Crippen molar-refractivity contribution < 1.29 is 18.3 Å². The molecule has 0 aliphatic rings. The van der Waals surface area contributed by atoms with Crippen LogP contribution in [-0.4, -0.2) is 12.4 Å². The number of Topliss-reactive ketones (excluding diaryl/α,β-unsaturated/α-hetero) is 1. The first kappa shape index (κ1) is 16.1. The number of nitriles is 1. The summed E-state index contributed by atoms with van der Waals surface area (Å²) in [4.78, 5) is 12.2. The molecule has 0 saturated heterocycles. The average molecular weight is 281 g/mol. The molecule has 2 unspecified atom stereocenters. The fraction of sp³-hybridized carbons (Fsp3) is 0.467. The maximum absolute atomic E-state index is 12.2. The fourth-order valence-electron chi connectivity index (χ4n) is 1.74. The number of alkyl halides is 2. The van der Waals surface area contributed by atoms with E-state index < -0.39 is 12.5 Å². The lowest BCUT2D eigenvalue weighted by Crippen LogP contribution is -2.23. The summed E-state index contributed by atoms with van der Waals surface area (Å²) in [7, 11) is 0. The summed E-state index contributed by atoms with van der Waals surface area (Å²) in [6.07, 6.45) is 0. The van der Waals surface area contributed by atoms with Crippen LogP contribution in [0.15, 0.2) is 24.3 Å². The molecule has 0 radical (unpaired) electrons. The summed E-state index contributed by atoms with van der Waals surface area (Å²) >= 11 is 0. The van der Waals surface area contributed by atoms with Crippen LogP contribution in [0, 0.1) is 23.2 Å². The first-order valence-corrected chi connectivity index (χ1v) is 6.35. The molecule has 0 fully saturated rings. The van der Waals surface area contributed by atoms with Crippen LogP contribution in [0.2, 0.25) is 0 Å². The molecule has 0 saturated carbocycles. The second-order valence-electron chi connectivity index (χ2n) is 4.94. The first-order chi connectivity index (χ1) is 9.36. The van der Waals surface area contributed by atoms with Gasteiger partial charge in [0.15, 0.2) is 5.78 Å². The molecular formula is C15H17F2NO2. The Morgan fingerprint density at radius 1 is 1.20 bits per heavy atom. The second kappa shape index (κ2) is 6.99. The van der Waals surface area contributed by atoms with Crippen LogP contribution in [0.4, 0.5) is 8.78 Å². The van der Waals surface area contributed by atoms with E-state index in [1.54, 1.807) is 6.92 Å². The summed E-state index contributed by atoms with van der Waals surface area (Å²) in [5.41, 5.74) is 0.492. The topological polar surface area (TPSA) is 50.1 Å². The van der Waals surface area contributed by atoms with E-state index in [0.717, 1.165) is 0 Å². The summed E-state index contributed by atoms with van der Waals surface area (Å²) in [6, 6.07) is 7.58. The lowest BCUT2D eigenvalue weighted by atomic mass is 9.84. The van der Waals surface area contributed by atoms with Crippen LogP contribution < -0.4 is 4.74 Å². The summed E-state index contributed by atoms with van der Waals surface area (Å²) in [5.74, 6) is -1.14. The van der Waals surface area contributed by atoms with Gasteiger partial charge in [-0.1, -0.05) is 32.9 Å². The normalized spacial score (nSPS) is 13.9. The van der Waals surface area contributed by atoms with Crippen LogP contribution in [0.1, 0.15) is 32.3 Å². The van der Waals surface area contributed by atoms with Gasteiger partial charge in [-0.05, 0) is 23.6 Å². The highest BCUT2D eigenvalue weighted by atomic mass is 19.3. The van der Waals surface area contributed by atoms with E-state index in [1.807, 2.05) is 19.9 Å². The smallest absolute Gasteiger partial charge is 0.387 e. The Labute approximate surface area is 117 Å². The number of rotatable bonds is 6. The Kier molecular flexibility index (Phi) is 5.63. The Morgan fingerprint density at radius 3 is 2.15 bits per heavy atom. The number of nitrogens with zero attached hydrogens (tertiary/aromatic N) is 1. The van der Waals surface area contributed by atoms with Gasteiger partial charge in [0.2, 0.25) is 0 Å². The number of ketones is 1. The molecule has 5 heteroatoms. The van der Waals surface area contributed by atoms with Gasteiger partial charge in [0.05, 0.1) is 6.07 Å². The van der Waals surface area contributed by atoms with Crippen LogP contribution in [0.3, 0.4) is 0 Å². The van der Waals surface area contributed by atoms with E-state index in [-0.39, 0.29) is 23.4 Å². The Hall–Kier alpha value is -1.96. The Bertz CT molecular complexity index is 492. The van der Waals surface area contributed by atoms with Gasteiger partial charge in [0.1, 0.15) is 11.7 Å². The number of carbonyl (C=O) groups is 1. The number of benzene rings is 1. The zero-order chi connectivity index (χ0) is 15.3. The van der Waals surface area contributed by atoms with Crippen LogP contribution in [0.5, 0.6) is 5.75 Å². The van der Waals surface area contributed by atoms with Crippen molar-refractivity contribution in [2.45, 2.75) is 33.3 Å². The Balaban J connectivity index is 2.91. The third kappa shape index (κ3) is 4.02. The predicted molar refractivity (Wildman–Crippen MR) is 70.4 cm³/mol. The molecule has 20 heavy (non-hydrogen) atoms. The van der Waals surface area contributed by atoms with Gasteiger partial charge in [-0.2, -0.15) is 14.0 Å².